The molecule has 2 aromatic rings. The van der Waals surface area contributed by atoms with Crippen LogP contribution in [0.2, 0.25) is 0 Å². The summed E-state index contributed by atoms with van der Waals surface area (Å²) in [5, 5.41) is 2.75. The quantitative estimate of drug-likeness (QED) is 0.891. The third kappa shape index (κ3) is 4.65. The van der Waals surface area contributed by atoms with Crippen molar-refractivity contribution in [2.45, 2.75) is 19.5 Å². The maximum atomic E-state index is 13.8. The first-order chi connectivity index (χ1) is 12.5. The van der Waals surface area contributed by atoms with Crippen molar-refractivity contribution >= 4 is 11.6 Å². The fraction of sp³-hybridized carbons (Fsp3) is 0.350. The third-order valence-electron chi connectivity index (χ3n) is 4.78. The molecule has 1 aliphatic heterocycles. The molecule has 0 bridgehead atoms. The molecule has 138 valence electrons. The molecule has 2 aromatic carbocycles. The van der Waals surface area contributed by atoms with E-state index in [1.54, 1.807) is 24.3 Å². The summed E-state index contributed by atoms with van der Waals surface area (Å²) in [6.45, 7) is 5.42. The van der Waals surface area contributed by atoms with Gasteiger partial charge in [-0.15, -0.1) is 0 Å². The van der Waals surface area contributed by atoms with Crippen LogP contribution in [0.3, 0.4) is 0 Å². The molecular weight excluding hydrogens is 336 g/mol. The molecule has 1 unspecified atom stereocenters. The average Bonchev–Trinajstić information content (AvgIpc) is 2.64. The van der Waals surface area contributed by atoms with E-state index in [4.69, 9.17) is 0 Å². The van der Waals surface area contributed by atoms with E-state index >= 15 is 0 Å². The topological polar surface area (TPSA) is 35.6 Å². The number of hydrogen-bond acceptors (Lipinski definition) is 3. The van der Waals surface area contributed by atoms with Crippen molar-refractivity contribution in [3.8, 4) is 0 Å². The summed E-state index contributed by atoms with van der Waals surface area (Å²) in [4.78, 5) is 16.7. The Balaban J connectivity index is 1.50. The van der Waals surface area contributed by atoms with E-state index in [1.165, 1.54) is 18.2 Å². The summed E-state index contributed by atoms with van der Waals surface area (Å²) < 4.78 is 27.0. The standard InChI is InChI=1S/C20H23F2N3O/c1-15(20(26)23-18-7-4-6-17(21)13-18)25-11-9-24(10-12-25)14-16-5-2-3-8-19(16)22/h2-8,13,15H,9-12,14H2,1H3,(H,23,26). The first kappa shape index (κ1) is 18.5. The maximum absolute atomic E-state index is 13.8. The molecule has 1 heterocycles. The Morgan fingerprint density at radius 1 is 1.08 bits per heavy atom. The van der Waals surface area contributed by atoms with Gasteiger partial charge in [-0.1, -0.05) is 24.3 Å². The Morgan fingerprint density at radius 2 is 1.81 bits per heavy atom. The van der Waals surface area contributed by atoms with Crippen molar-refractivity contribution < 1.29 is 13.6 Å². The first-order valence-corrected chi connectivity index (χ1v) is 8.79. The van der Waals surface area contributed by atoms with Crippen molar-refractivity contribution in [2.75, 3.05) is 31.5 Å². The minimum absolute atomic E-state index is 0.154. The number of nitrogens with zero attached hydrogens (tertiary/aromatic N) is 2. The normalized spacial score (nSPS) is 17.0. The second-order valence-corrected chi connectivity index (χ2v) is 6.58. The van der Waals surface area contributed by atoms with Crippen LogP contribution >= 0.6 is 0 Å². The van der Waals surface area contributed by atoms with E-state index in [-0.39, 0.29) is 23.6 Å². The van der Waals surface area contributed by atoms with Crippen molar-refractivity contribution in [3.05, 3.63) is 65.7 Å². The van der Waals surface area contributed by atoms with Crippen molar-refractivity contribution in [1.82, 2.24) is 9.80 Å². The number of carbonyl (C=O) groups excluding carboxylic acids is 1. The van der Waals surface area contributed by atoms with Crippen LogP contribution < -0.4 is 5.32 Å². The monoisotopic (exact) mass is 359 g/mol. The lowest BCUT2D eigenvalue weighted by molar-refractivity contribution is -0.121. The highest BCUT2D eigenvalue weighted by atomic mass is 19.1. The highest BCUT2D eigenvalue weighted by molar-refractivity contribution is 5.94. The largest absolute Gasteiger partial charge is 0.325 e. The summed E-state index contributed by atoms with van der Waals surface area (Å²) in [6, 6.07) is 12.4. The van der Waals surface area contributed by atoms with E-state index in [1.807, 2.05) is 13.0 Å². The maximum Gasteiger partial charge on any atom is 0.241 e. The lowest BCUT2D eigenvalue weighted by atomic mass is 10.1. The highest BCUT2D eigenvalue weighted by Crippen LogP contribution is 2.15. The summed E-state index contributed by atoms with van der Waals surface area (Å²) >= 11 is 0. The molecule has 1 atom stereocenters. The van der Waals surface area contributed by atoms with Crippen LogP contribution in [-0.4, -0.2) is 47.9 Å². The van der Waals surface area contributed by atoms with Gasteiger partial charge in [-0.3, -0.25) is 14.6 Å². The Hall–Kier alpha value is -2.31. The van der Waals surface area contributed by atoms with E-state index in [0.717, 1.165) is 26.2 Å². The zero-order valence-electron chi connectivity index (χ0n) is 14.8. The zero-order chi connectivity index (χ0) is 18.5. The SMILES string of the molecule is CC(C(=O)Nc1cccc(F)c1)N1CCN(Cc2ccccc2F)CC1. The summed E-state index contributed by atoms with van der Waals surface area (Å²) in [7, 11) is 0. The Bertz CT molecular complexity index is 760. The molecule has 1 aliphatic rings. The number of amides is 1. The van der Waals surface area contributed by atoms with Gasteiger partial charge in [0.1, 0.15) is 11.6 Å². The summed E-state index contributed by atoms with van der Waals surface area (Å²) in [6.07, 6.45) is 0. The molecule has 1 saturated heterocycles. The van der Waals surface area contributed by atoms with Crippen LogP contribution in [-0.2, 0) is 11.3 Å². The average molecular weight is 359 g/mol. The fourth-order valence-electron chi connectivity index (χ4n) is 3.16. The van der Waals surface area contributed by atoms with Gasteiger partial charge in [0.25, 0.3) is 0 Å². The Labute approximate surface area is 152 Å². The lowest BCUT2D eigenvalue weighted by Gasteiger charge is -2.37. The molecule has 0 spiro atoms. The predicted molar refractivity (Wildman–Crippen MR) is 97.7 cm³/mol. The minimum Gasteiger partial charge on any atom is -0.325 e. The van der Waals surface area contributed by atoms with Gasteiger partial charge in [0.15, 0.2) is 0 Å². The highest BCUT2D eigenvalue weighted by Gasteiger charge is 2.26. The van der Waals surface area contributed by atoms with Gasteiger partial charge in [-0.25, -0.2) is 8.78 Å². The van der Waals surface area contributed by atoms with E-state index in [0.29, 0.717) is 17.8 Å². The lowest BCUT2D eigenvalue weighted by Crippen LogP contribution is -2.52. The van der Waals surface area contributed by atoms with Crippen molar-refractivity contribution in [2.24, 2.45) is 0 Å². The third-order valence-corrected chi connectivity index (χ3v) is 4.78. The van der Waals surface area contributed by atoms with Crippen molar-refractivity contribution in [3.63, 3.8) is 0 Å². The number of nitrogens with one attached hydrogen (secondary N) is 1. The van der Waals surface area contributed by atoms with Gasteiger partial charge in [0.05, 0.1) is 6.04 Å². The molecule has 26 heavy (non-hydrogen) atoms. The summed E-state index contributed by atoms with van der Waals surface area (Å²) in [5.74, 6) is -0.715. The Kier molecular flexibility index (Phi) is 5.96. The number of benzene rings is 2. The van der Waals surface area contributed by atoms with Gasteiger partial charge >= 0.3 is 0 Å². The molecule has 3 rings (SSSR count). The Morgan fingerprint density at radius 3 is 2.50 bits per heavy atom. The van der Waals surface area contributed by atoms with Crippen LogP contribution in [0.25, 0.3) is 0 Å². The predicted octanol–water partition coefficient (Wildman–Crippen LogP) is 3.11. The van der Waals surface area contributed by atoms with Crippen LogP contribution in [0.15, 0.2) is 48.5 Å². The molecule has 0 saturated carbocycles. The number of piperazine rings is 1. The molecule has 1 amide bonds. The smallest absolute Gasteiger partial charge is 0.241 e. The van der Waals surface area contributed by atoms with E-state index in [9.17, 15) is 13.6 Å². The van der Waals surface area contributed by atoms with Gasteiger partial charge in [0, 0.05) is 44.0 Å². The van der Waals surface area contributed by atoms with Crippen LogP contribution in [0.1, 0.15) is 12.5 Å². The number of carbonyl (C=O) groups is 1. The summed E-state index contributed by atoms with van der Waals surface area (Å²) in [5.41, 5.74) is 1.15. The van der Waals surface area contributed by atoms with Gasteiger partial charge in [-0.2, -0.15) is 0 Å². The molecule has 0 aromatic heterocycles. The molecule has 1 N–H and O–H groups in total. The molecular formula is C20H23F2N3O. The fourth-order valence-corrected chi connectivity index (χ4v) is 3.16. The number of halogens is 2. The van der Waals surface area contributed by atoms with Crippen LogP contribution in [0.4, 0.5) is 14.5 Å². The first-order valence-electron chi connectivity index (χ1n) is 8.79. The van der Waals surface area contributed by atoms with E-state index in [2.05, 4.69) is 15.1 Å². The second-order valence-electron chi connectivity index (χ2n) is 6.58. The van der Waals surface area contributed by atoms with Crippen LogP contribution in [0.5, 0.6) is 0 Å². The molecule has 6 heteroatoms. The van der Waals surface area contributed by atoms with Gasteiger partial charge < -0.3 is 5.32 Å². The number of anilines is 1. The minimum atomic E-state index is -0.378. The number of hydrogen-bond donors (Lipinski definition) is 1. The molecule has 4 nitrogen and oxygen atoms in total. The van der Waals surface area contributed by atoms with Gasteiger partial charge in [0.2, 0.25) is 5.91 Å². The molecule has 0 radical (unpaired) electrons. The van der Waals surface area contributed by atoms with Gasteiger partial charge in [-0.05, 0) is 31.2 Å². The van der Waals surface area contributed by atoms with Crippen LogP contribution in [0, 0.1) is 11.6 Å². The number of rotatable bonds is 5. The van der Waals surface area contributed by atoms with Crippen molar-refractivity contribution in [1.29, 1.82) is 0 Å². The molecule has 0 aliphatic carbocycles. The second kappa shape index (κ2) is 8.38. The zero-order valence-corrected chi connectivity index (χ0v) is 14.8. The molecule has 1 fully saturated rings. The van der Waals surface area contributed by atoms with E-state index < -0.39 is 0 Å².